The van der Waals surface area contributed by atoms with Crippen LogP contribution >= 0.6 is 11.3 Å². The zero-order valence-corrected chi connectivity index (χ0v) is 12.5. The fraction of sp³-hybridized carbons (Fsp3) is 0.0667. The maximum Gasteiger partial charge on any atom is 0.355 e. The predicted molar refractivity (Wildman–Crippen MR) is 82.2 cm³/mol. The van der Waals surface area contributed by atoms with Gasteiger partial charge < -0.3 is 14.9 Å². The van der Waals surface area contributed by atoms with Gasteiger partial charge in [0.2, 0.25) is 0 Å². The lowest BCUT2D eigenvalue weighted by Crippen LogP contribution is -2.22. The van der Waals surface area contributed by atoms with E-state index in [-0.39, 0.29) is 18.1 Å². The Kier molecular flexibility index (Phi) is 4.15. The highest BCUT2D eigenvalue weighted by Gasteiger charge is 2.11. The lowest BCUT2D eigenvalue weighted by atomic mass is 10.1. The average molecular weight is 329 g/mol. The van der Waals surface area contributed by atoms with E-state index in [9.17, 15) is 9.59 Å². The van der Waals surface area contributed by atoms with Crippen molar-refractivity contribution in [2.24, 2.45) is 0 Å². The molecule has 0 radical (unpaired) electrons. The van der Waals surface area contributed by atoms with Gasteiger partial charge in [-0.1, -0.05) is 17.3 Å². The molecule has 0 bridgehead atoms. The number of nitrogens with one attached hydrogen (secondary N) is 1. The van der Waals surface area contributed by atoms with Crippen molar-refractivity contribution >= 4 is 23.2 Å². The van der Waals surface area contributed by atoms with E-state index in [0.717, 1.165) is 5.56 Å². The number of carbonyl (C=O) groups is 2. The van der Waals surface area contributed by atoms with Crippen molar-refractivity contribution in [2.45, 2.75) is 6.54 Å². The number of amides is 1. The summed E-state index contributed by atoms with van der Waals surface area (Å²) in [5.41, 5.74) is 2.02. The zero-order valence-electron chi connectivity index (χ0n) is 11.7. The SMILES string of the molecule is O=C(NCc1nc(C(=O)O)cs1)c1ccc(-c2ccon2)cc1. The van der Waals surface area contributed by atoms with Gasteiger partial charge in [-0.05, 0) is 12.1 Å². The summed E-state index contributed by atoms with van der Waals surface area (Å²) in [5.74, 6) is -1.34. The molecule has 3 aromatic rings. The standard InChI is InChI=1S/C15H11N3O4S/c19-14(16-7-13-17-12(8-23-13)15(20)21)10-3-1-9(2-4-10)11-5-6-22-18-11/h1-6,8H,7H2,(H,16,19)(H,20,21). The highest BCUT2D eigenvalue weighted by atomic mass is 32.1. The lowest BCUT2D eigenvalue weighted by Gasteiger charge is -2.04. The molecule has 0 aliphatic rings. The Morgan fingerprint density at radius 1 is 1.22 bits per heavy atom. The van der Waals surface area contributed by atoms with Crippen LogP contribution in [0.1, 0.15) is 25.9 Å². The van der Waals surface area contributed by atoms with Gasteiger partial charge in [0, 0.05) is 22.6 Å². The van der Waals surface area contributed by atoms with Crippen LogP contribution in [-0.2, 0) is 6.54 Å². The minimum Gasteiger partial charge on any atom is -0.476 e. The highest BCUT2D eigenvalue weighted by molar-refractivity contribution is 7.09. The molecular formula is C15H11N3O4S. The second-order valence-corrected chi connectivity index (χ2v) is 5.52. The maximum atomic E-state index is 12.1. The van der Waals surface area contributed by atoms with E-state index in [1.54, 1.807) is 30.3 Å². The number of aromatic carboxylic acids is 1. The molecule has 1 amide bonds. The second kappa shape index (κ2) is 6.41. The molecular weight excluding hydrogens is 318 g/mol. The van der Waals surface area contributed by atoms with Gasteiger partial charge in [-0.3, -0.25) is 4.79 Å². The number of hydrogen-bond donors (Lipinski definition) is 2. The Morgan fingerprint density at radius 2 is 2.00 bits per heavy atom. The van der Waals surface area contributed by atoms with E-state index in [0.29, 0.717) is 16.3 Å². The number of benzene rings is 1. The zero-order chi connectivity index (χ0) is 16.2. The van der Waals surface area contributed by atoms with E-state index < -0.39 is 5.97 Å². The van der Waals surface area contributed by atoms with Gasteiger partial charge in [0.25, 0.3) is 5.91 Å². The van der Waals surface area contributed by atoms with Crippen LogP contribution in [-0.4, -0.2) is 27.1 Å². The maximum absolute atomic E-state index is 12.1. The van der Waals surface area contributed by atoms with Crippen LogP contribution in [0.4, 0.5) is 0 Å². The number of carbonyl (C=O) groups excluding carboxylic acids is 1. The first-order valence-electron chi connectivity index (χ1n) is 6.60. The second-order valence-electron chi connectivity index (χ2n) is 4.58. The summed E-state index contributed by atoms with van der Waals surface area (Å²) in [6, 6.07) is 8.66. The summed E-state index contributed by atoms with van der Waals surface area (Å²) in [5, 5.41) is 17.3. The molecule has 0 aliphatic carbocycles. The van der Waals surface area contributed by atoms with Gasteiger partial charge in [-0.25, -0.2) is 9.78 Å². The Bertz CT molecular complexity index is 825. The first kappa shape index (κ1) is 14.9. The Morgan fingerprint density at radius 3 is 2.61 bits per heavy atom. The lowest BCUT2D eigenvalue weighted by molar-refractivity contribution is 0.0691. The van der Waals surface area contributed by atoms with E-state index in [2.05, 4.69) is 15.5 Å². The van der Waals surface area contributed by atoms with Gasteiger partial charge >= 0.3 is 5.97 Å². The fourth-order valence-electron chi connectivity index (χ4n) is 1.90. The Labute approximate surface area is 134 Å². The largest absolute Gasteiger partial charge is 0.476 e. The predicted octanol–water partition coefficient (Wildman–Crippen LogP) is 2.43. The molecule has 2 aromatic heterocycles. The molecule has 0 spiro atoms. The number of nitrogens with zero attached hydrogens (tertiary/aromatic N) is 2. The van der Waals surface area contributed by atoms with Gasteiger partial charge in [-0.15, -0.1) is 11.3 Å². The number of hydrogen-bond acceptors (Lipinski definition) is 6. The molecule has 0 aliphatic heterocycles. The van der Waals surface area contributed by atoms with Gasteiger partial charge in [0.05, 0.1) is 6.54 Å². The van der Waals surface area contributed by atoms with Crippen molar-refractivity contribution in [3.8, 4) is 11.3 Å². The van der Waals surface area contributed by atoms with Crippen molar-refractivity contribution in [1.82, 2.24) is 15.5 Å². The normalized spacial score (nSPS) is 10.4. The summed E-state index contributed by atoms with van der Waals surface area (Å²) < 4.78 is 4.78. The van der Waals surface area contributed by atoms with E-state index in [1.807, 2.05) is 0 Å². The molecule has 116 valence electrons. The van der Waals surface area contributed by atoms with E-state index >= 15 is 0 Å². The summed E-state index contributed by atoms with van der Waals surface area (Å²) in [4.78, 5) is 26.7. The minimum atomic E-state index is -1.08. The van der Waals surface area contributed by atoms with Crippen molar-refractivity contribution in [2.75, 3.05) is 0 Å². The molecule has 0 unspecified atom stereocenters. The molecule has 2 N–H and O–H groups in total. The third-order valence-corrected chi connectivity index (χ3v) is 3.90. The monoisotopic (exact) mass is 329 g/mol. The molecule has 0 saturated carbocycles. The molecule has 0 saturated heterocycles. The third kappa shape index (κ3) is 3.43. The summed E-state index contributed by atoms with van der Waals surface area (Å²) >= 11 is 1.19. The van der Waals surface area contributed by atoms with Crippen LogP contribution in [0.15, 0.2) is 46.5 Å². The summed E-state index contributed by atoms with van der Waals surface area (Å²) in [6.45, 7) is 0.182. The van der Waals surface area contributed by atoms with Crippen LogP contribution < -0.4 is 5.32 Å². The molecule has 0 fully saturated rings. The Hall–Kier alpha value is -3.00. The summed E-state index contributed by atoms with van der Waals surface area (Å²) in [7, 11) is 0. The van der Waals surface area contributed by atoms with Crippen LogP contribution in [0.2, 0.25) is 0 Å². The molecule has 0 atom stereocenters. The smallest absolute Gasteiger partial charge is 0.355 e. The van der Waals surface area contributed by atoms with Crippen molar-refractivity contribution in [3.05, 3.63) is 58.2 Å². The first-order valence-corrected chi connectivity index (χ1v) is 7.48. The van der Waals surface area contributed by atoms with Crippen LogP contribution in [0, 0.1) is 0 Å². The van der Waals surface area contributed by atoms with Crippen molar-refractivity contribution < 1.29 is 19.2 Å². The topological polar surface area (TPSA) is 105 Å². The first-order chi connectivity index (χ1) is 11.1. The quantitative estimate of drug-likeness (QED) is 0.745. The van der Waals surface area contributed by atoms with Crippen LogP contribution in [0.5, 0.6) is 0 Å². The molecule has 23 heavy (non-hydrogen) atoms. The number of carboxylic acids is 1. The molecule has 8 heteroatoms. The number of carboxylic acid groups (broad SMARTS) is 1. The average Bonchev–Trinajstić information content (AvgIpc) is 3.24. The fourth-order valence-corrected chi connectivity index (χ4v) is 2.61. The molecule has 2 heterocycles. The molecule has 3 rings (SSSR count). The van der Waals surface area contributed by atoms with Crippen molar-refractivity contribution in [1.29, 1.82) is 0 Å². The molecule has 7 nitrogen and oxygen atoms in total. The summed E-state index contributed by atoms with van der Waals surface area (Å²) in [6.07, 6.45) is 1.48. The van der Waals surface area contributed by atoms with E-state index in [1.165, 1.54) is 23.0 Å². The number of aromatic nitrogens is 2. The van der Waals surface area contributed by atoms with Crippen LogP contribution in [0.25, 0.3) is 11.3 Å². The highest BCUT2D eigenvalue weighted by Crippen LogP contribution is 2.17. The van der Waals surface area contributed by atoms with Gasteiger partial charge in [0.15, 0.2) is 5.69 Å². The van der Waals surface area contributed by atoms with Crippen LogP contribution in [0.3, 0.4) is 0 Å². The van der Waals surface area contributed by atoms with Gasteiger partial charge in [0.1, 0.15) is 17.0 Å². The number of rotatable bonds is 5. The van der Waals surface area contributed by atoms with Crippen molar-refractivity contribution in [3.63, 3.8) is 0 Å². The molecule has 1 aromatic carbocycles. The Balaban J connectivity index is 1.62. The minimum absolute atomic E-state index is 0.0174. The van der Waals surface area contributed by atoms with E-state index in [4.69, 9.17) is 9.63 Å². The third-order valence-electron chi connectivity index (χ3n) is 3.05. The number of thiazole rings is 1. The van der Waals surface area contributed by atoms with Gasteiger partial charge in [-0.2, -0.15) is 0 Å².